The molecule has 34 heavy (non-hydrogen) atoms. The SMILES string of the molecule is COCC(C)(C)c1c(-c2ccc(C(=O)O)cc2)c2c(O)c(F)ccc2n1-c1ccc(F)c(C)c1. The fraction of sp³-hybridized carbons (Fsp3) is 0.222. The zero-order valence-corrected chi connectivity index (χ0v) is 19.3. The highest BCUT2D eigenvalue weighted by molar-refractivity contribution is 6.04. The molecule has 0 spiro atoms. The van der Waals surface area contributed by atoms with Gasteiger partial charge in [0.2, 0.25) is 0 Å². The van der Waals surface area contributed by atoms with Crippen LogP contribution in [0.2, 0.25) is 0 Å². The van der Waals surface area contributed by atoms with Crippen molar-refractivity contribution in [2.45, 2.75) is 26.2 Å². The molecule has 3 aromatic carbocycles. The third kappa shape index (κ3) is 3.82. The Morgan fingerprint density at radius 2 is 1.68 bits per heavy atom. The van der Waals surface area contributed by atoms with Crippen molar-refractivity contribution in [2.24, 2.45) is 0 Å². The van der Waals surface area contributed by atoms with Gasteiger partial charge >= 0.3 is 5.97 Å². The van der Waals surface area contributed by atoms with Crippen LogP contribution in [0.1, 0.15) is 35.5 Å². The van der Waals surface area contributed by atoms with E-state index in [1.165, 1.54) is 24.3 Å². The van der Waals surface area contributed by atoms with Gasteiger partial charge < -0.3 is 19.5 Å². The molecule has 1 heterocycles. The fourth-order valence-corrected chi connectivity index (χ4v) is 4.51. The number of nitrogens with zero attached hydrogens (tertiary/aromatic N) is 1. The van der Waals surface area contributed by atoms with Gasteiger partial charge in [0.25, 0.3) is 0 Å². The molecule has 1 aromatic heterocycles. The summed E-state index contributed by atoms with van der Waals surface area (Å²) in [6, 6.07) is 13.7. The van der Waals surface area contributed by atoms with E-state index in [-0.39, 0.29) is 16.8 Å². The molecule has 0 saturated carbocycles. The van der Waals surface area contributed by atoms with Crippen molar-refractivity contribution >= 4 is 16.9 Å². The number of carboxylic acid groups (broad SMARTS) is 1. The molecule has 176 valence electrons. The second kappa shape index (κ2) is 8.57. The maximum atomic E-state index is 14.6. The Kier molecular flexibility index (Phi) is 5.91. The van der Waals surface area contributed by atoms with Crippen molar-refractivity contribution in [3.05, 3.63) is 83.1 Å². The van der Waals surface area contributed by atoms with Crippen LogP contribution >= 0.6 is 0 Å². The summed E-state index contributed by atoms with van der Waals surface area (Å²) in [6.07, 6.45) is 0. The highest BCUT2D eigenvalue weighted by Crippen LogP contribution is 2.46. The first-order valence-corrected chi connectivity index (χ1v) is 10.7. The van der Waals surface area contributed by atoms with Gasteiger partial charge in [-0.15, -0.1) is 0 Å². The van der Waals surface area contributed by atoms with Gasteiger partial charge in [-0.1, -0.05) is 26.0 Å². The summed E-state index contributed by atoms with van der Waals surface area (Å²) in [5, 5.41) is 20.4. The van der Waals surface area contributed by atoms with Crippen molar-refractivity contribution in [1.29, 1.82) is 0 Å². The van der Waals surface area contributed by atoms with E-state index in [9.17, 15) is 23.8 Å². The van der Waals surface area contributed by atoms with Crippen LogP contribution in [0.5, 0.6) is 5.75 Å². The Labute approximate surface area is 195 Å². The number of hydrogen-bond donors (Lipinski definition) is 2. The molecule has 5 nitrogen and oxygen atoms in total. The summed E-state index contributed by atoms with van der Waals surface area (Å²) >= 11 is 0. The maximum Gasteiger partial charge on any atom is 0.335 e. The number of halogens is 2. The number of fused-ring (bicyclic) bond motifs is 1. The van der Waals surface area contributed by atoms with Gasteiger partial charge in [0.05, 0.1) is 23.1 Å². The molecule has 0 fully saturated rings. The van der Waals surface area contributed by atoms with Gasteiger partial charge in [-0.25, -0.2) is 13.6 Å². The molecule has 2 N–H and O–H groups in total. The Hall–Kier alpha value is -3.71. The first kappa shape index (κ1) is 23.4. The minimum Gasteiger partial charge on any atom is -0.504 e. The second-order valence-electron chi connectivity index (χ2n) is 8.98. The van der Waals surface area contributed by atoms with Gasteiger partial charge in [-0.2, -0.15) is 0 Å². The summed E-state index contributed by atoms with van der Waals surface area (Å²) < 4.78 is 36.1. The summed E-state index contributed by atoms with van der Waals surface area (Å²) in [5.74, 6) is -2.71. The highest BCUT2D eigenvalue weighted by atomic mass is 19.1. The van der Waals surface area contributed by atoms with Crippen LogP contribution in [0.4, 0.5) is 8.78 Å². The lowest BCUT2D eigenvalue weighted by molar-refractivity contribution is 0.0697. The number of carboxylic acids is 1. The van der Waals surface area contributed by atoms with E-state index in [1.807, 2.05) is 18.4 Å². The minimum absolute atomic E-state index is 0.106. The van der Waals surface area contributed by atoms with E-state index < -0.39 is 23.0 Å². The van der Waals surface area contributed by atoms with Gasteiger partial charge in [0.15, 0.2) is 11.6 Å². The zero-order chi connectivity index (χ0) is 24.8. The highest BCUT2D eigenvalue weighted by Gasteiger charge is 2.33. The summed E-state index contributed by atoms with van der Waals surface area (Å²) in [4.78, 5) is 11.4. The average Bonchev–Trinajstić information content (AvgIpc) is 3.15. The number of methoxy groups -OCH3 is 1. The molecule has 4 aromatic rings. The van der Waals surface area contributed by atoms with Gasteiger partial charge in [0.1, 0.15) is 5.82 Å². The van der Waals surface area contributed by atoms with Gasteiger partial charge in [0, 0.05) is 29.5 Å². The van der Waals surface area contributed by atoms with Crippen LogP contribution in [0.3, 0.4) is 0 Å². The Bertz CT molecular complexity index is 1400. The monoisotopic (exact) mass is 465 g/mol. The van der Waals surface area contributed by atoms with E-state index in [2.05, 4.69) is 0 Å². The van der Waals surface area contributed by atoms with Gasteiger partial charge in [-0.05, 0) is 60.5 Å². The largest absolute Gasteiger partial charge is 0.504 e. The number of carbonyl (C=O) groups is 1. The number of rotatable bonds is 6. The van der Waals surface area contributed by atoms with E-state index in [0.717, 1.165) is 0 Å². The lowest BCUT2D eigenvalue weighted by Crippen LogP contribution is -2.27. The number of aromatic carboxylic acids is 1. The summed E-state index contributed by atoms with van der Waals surface area (Å²) in [7, 11) is 1.58. The second-order valence-corrected chi connectivity index (χ2v) is 8.98. The average molecular weight is 465 g/mol. The summed E-state index contributed by atoms with van der Waals surface area (Å²) in [5.41, 5.74) is 2.94. The number of hydrogen-bond acceptors (Lipinski definition) is 3. The Balaban J connectivity index is 2.19. The molecular formula is C27H25F2NO4. The molecule has 0 amide bonds. The smallest absolute Gasteiger partial charge is 0.335 e. The van der Waals surface area contributed by atoms with Crippen molar-refractivity contribution in [3.8, 4) is 22.6 Å². The van der Waals surface area contributed by atoms with Crippen LogP contribution in [-0.2, 0) is 10.2 Å². The fourth-order valence-electron chi connectivity index (χ4n) is 4.51. The van der Waals surface area contributed by atoms with Crippen molar-refractivity contribution in [2.75, 3.05) is 13.7 Å². The van der Waals surface area contributed by atoms with E-state index in [1.54, 1.807) is 44.4 Å². The molecule has 0 aliphatic carbocycles. The van der Waals surface area contributed by atoms with E-state index in [0.29, 0.717) is 40.2 Å². The van der Waals surface area contributed by atoms with Crippen LogP contribution in [0, 0.1) is 18.6 Å². The molecule has 0 unspecified atom stereocenters. The third-order valence-corrected chi connectivity index (χ3v) is 6.02. The Morgan fingerprint density at radius 1 is 1.03 bits per heavy atom. The lowest BCUT2D eigenvalue weighted by atomic mass is 9.84. The van der Waals surface area contributed by atoms with Crippen LogP contribution in [-0.4, -0.2) is 34.5 Å². The third-order valence-electron chi connectivity index (χ3n) is 6.02. The van der Waals surface area contributed by atoms with E-state index >= 15 is 0 Å². The number of aromatic hydroxyl groups is 1. The summed E-state index contributed by atoms with van der Waals surface area (Å²) in [6.45, 7) is 5.88. The molecule has 0 aliphatic rings. The number of aryl methyl sites for hydroxylation is 1. The standard InChI is InChI=1S/C27H25F2NO4/c1-15-13-18(9-10-19(15)28)30-21-12-11-20(29)24(31)23(21)22(25(30)27(2,3)14-34-4)16-5-7-17(8-6-16)26(32)33/h5-13,31H,14H2,1-4H3,(H,32,33). The molecule has 0 atom stereocenters. The van der Waals surface area contributed by atoms with Crippen LogP contribution in [0.15, 0.2) is 54.6 Å². The van der Waals surface area contributed by atoms with Gasteiger partial charge in [-0.3, -0.25) is 0 Å². The Morgan fingerprint density at radius 3 is 2.26 bits per heavy atom. The lowest BCUT2D eigenvalue weighted by Gasteiger charge is -2.28. The van der Waals surface area contributed by atoms with E-state index in [4.69, 9.17) is 4.74 Å². The molecule has 7 heteroatoms. The first-order valence-electron chi connectivity index (χ1n) is 10.7. The normalized spacial score (nSPS) is 11.8. The molecular weight excluding hydrogens is 440 g/mol. The predicted molar refractivity (Wildman–Crippen MR) is 127 cm³/mol. The van der Waals surface area contributed by atoms with Crippen molar-refractivity contribution < 1.29 is 28.5 Å². The first-order chi connectivity index (χ1) is 16.1. The zero-order valence-electron chi connectivity index (χ0n) is 19.3. The molecule has 0 saturated heterocycles. The number of aromatic nitrogens is 1. The number of phenols is 1. The minimum atomic E-state index is -1.07. The number of ether oxygens (including phenoxy) is 1. The predicted octanol–water partition coefficient (Wildman–Crippen LogP) is 6.21. The van der Waals surface area contributed by atoms with Crippen LogP contribution in [0.25, 0.3) is 27.7 Å². The quantitative estimate of drug-likeness (QED) is 0.355. The maximum absolute atomic E-state index is 14.6. The van der Waals surface area contributed by atoms with Crippen LogP contribution < -0.4 is 0 Å². The molecule has 0 aliphatic heterocycles. The molecule has 0 bridgehead atoms. The molecule has 0 radical (unpaired) electrons. The number of benzene rings is 3. The molecule has 4 rings (SSSR count). The van der Waals surface area contributed by atoms with Crippen molar-refractivity contribution in [1.82, 2.24) is 4.57 Å². The topological polar surface area (TPSA) is 71.7 Å². The number of phenolic OH excluding ortho intramolecular Hbond substituents is 1. The van der Waals surface area contributed by atoms with Crippen molar-refractivity contribution in [3.63, 3.8) is 0 Å².